The van der Waals surface area contributed by atoms with Crippen molar-refractivity contribution >= 4 is 21.6 Å². The number of nitrogens with one attached hydrogen (secondary N) is 1. The van der Waals surface area contributed by atoms with Crippen LogP contribution in [0.2, 0.25) is 0 Å². The van der Waals surface area contributed by atoms with E-state index >= 15 is 0 Å². The maximum absolute atomic E-state index is 12.0. The van der Waals surface area contributed by atoms with E-state index in [9.17, 15) is 8.42 Å². The molecule has 1 heterocycles. The fourth-order valence-corrected chi connectivity index (χ4v) is 3.16. The van der Waals surface area contributed by atoms with E-state index in [-0.39, 0.29) is 17.3 Å². The Kier molecular flexibility index (Phi) is 3.75. The van der Waals surface area contributed by atoms with Crippen molar-refractivity contribution in [3.05, 3.63) is 11.4 Å². The van der Waals surface area contributed by atoms with Gasteiger partial charge in [0, 0.05) is 19.5 Å². The quantitative estimate of drug-likeness (QED) is 0.808. The van der Waals surface area contributed by atoms with Gasteiger partial charge in [-0.2, -0.15) is 9.40 Å². The van der Waals surface area contributed by atoms with Gasteiger partial charge in [0.05, 0.1) is 11.4 Å². The summed E-state index contributed by atoms with van der Waals surface area (Å²) in [6, 6.07) is 0. The van der Waals surface area contributed by atoms with Gasteiger partial charge in [-0.15, -0.1) is 11.6 Å². The summed E-state index contributed by atoms with van der Waals surface area (Å²) in [6.45, 7) is 3.63. The van der Waals surface area contributed by atoms with Gasteiger partial charge in [-0.05, 0) is 13.8 Å². The van der Waals surface area contributed by atoms with Crippen molar-refractivity contribution in [3.63, 3.8) is 0 Å². The van der Waals surface area contributed by atoms with E-state index in [0.29, 0.717) is 11.4 Å². The zero-order valence-corrected chi connectivity index (χ0v) is 10.5. The molecule has 0 aromatic carbocycles. The summed E-state index contributed by atoms with van der Waals surface area (Å²) >= 11 is 5.51. The minimum atomic E-state index is -3.46. The molecule has 0 saturated carbocycles. The Morgan fingerprint density at radius 2 is 2.07 bits per heavy atom. The second-order valence-corrected chi connectivity index (χ2v) is 5.64. The normalized spacial score (nSPS) is 12.3. The molecule has 1 N–H and O–H groups in total. The van der Waals surface area contributed by atoms with E-state index in [2.05, 4.69) is 10.2 Å². The van der Waals surface area contributed by atoms with E-state index in [0.717, 1.165) is 0 Å². The second kappa shape index (κ2) is 4.51. The Labute approximate surface area is 94.5 Å². The summed E-state index contributed by atoms with van der Waals surface area (Å²) in [5.74, 6) is 0.270. The maximum atomic E-state index is 12.0. The molecule has 0 unspecified atom stereocenters. The number of hydrogen-bond acceptors (Lipinski definition) is 3. The molecular formula is C8H14ClN3O2S. The van der Waals surface area contributed by atoms with Crippen LogP contribution in [0.15, 0.2) is 4.90 Å². The summed E-state index contributed by atoms with van der Waals surface area (Å²) in [5, 5.41) is 6.51. The average Bonchev–Trinajstić information content (AvgIpc) is 2.46. The van der Waals surface area contributed by atoms with Crippen molar-refractivity contribution in [1.29, 1.82) is 0 Å². The summed E-state index contributed by atoms with van der Waals surface area (Å²) in [5.41, 5.74) is 1.03. The SMILES string of the molecule is Cc1n[nH]c(C)c1S(=O)(=O)N(C)CCCl. The summed E-state index contributed by atoms with van der Waals surface area (Å²) in [7, 11) is -1.96. The predicted molar refractivity (Wildman–Crippen MR) is 58.6 cm³/mol. The van der Waals surface area contributed by atoms with Crippen LogP contribution in [0.5, 0.6) is 0 Å². The smallest absolute Gasteiger partial charge is 0.246 e. The van der Waals surface area contributed by atoms with Crippen LogP contribution in [-0.4, -0.2) is 42.4 Å². The molecule has 0 spiro atoms. The number of rotatable bonds is 4. The number of halogens is 1. The van der Waals surface area contributed by atoms with Crippen LogP contribution in [0, 0.1) is 13.8 Å². The van der Waals surface area contributed by atoms with E-state index in [1.807, 2.05) is 0 Å². The lowest BCUT2D eigenvalue weighted by atomic mass is 10.4. The van der Waals surface area contributed by atoms with E-state index in [1.54, 1.807) is 13.8 Å². The zero-order valence-electron chi connectivity index (χ0n) is 8.91. The molecule has 7 heteroatoms. The molecule has 0 fully saturated rings. The van der Waals surface area contributed by atoms with Crippen molar-refractivity contribution in [3.8, 4) is 0 Å². The largest absolute Gasteiger partial charge is 0.281 e. The molecule has 0 radical (unpaired) electrons. The van der Waals surface area contributed by atoms with Gasteiger partial charge in [0.1, 0.15) is 4.90 Å². The first-order chi connectivity index (χ1) is 6.91. The van der Waals surface area contributed by atoms with Crippen molar-refractivity contribution in [2.75, 3.05) is 19.5 Å². The lowest BCUT2D eigenvalue weighted by Gasteiger charge is -2.15. The van der Waals surface area contributed by atoms with Crippen molar-refractivity contribution in [2.24, 2.45) is 0 Å². The zero-order chi connectivity index (χ0) is 11.6. The highest BCUT2D eigenvalue weighted by Crippen LogP contribution is 2.20. The Hall–Kier alpha value is -0.590. The first kappa shape index (κ1) is 12.5. The van der Waals surface area contributed by atoms with Crippen molar-refractivity contribution in [2.45, 2.75) is 18.7 Å². The van der Waals surface area contributed by atoms with Gasteiger partial charge in [-0.1, -0.05) is 0 Å². The van der Waals surface area contributed by atoms with Gasteiger partial charge in [-0.3, -0.25) is 5.10 Å². The molecule has 0 saturated heterocycles. The molecule has 0 bridgehead atoms. The number of aryl methyl sites for hydroxylation is 2. The lowest BCUT2D eigenvalue weighted by molar-refractivity contribution is 0.487. The average molecular weight is 252 g/mol. The van der Waals surface area contributed by atoms with Crippen molar-refractivity contribution < 1.29 is 8.42 Å². The highest BCUT2D eigenvalue weighted by Gasteiger charge is 2.26. The van der Waals surface area contributed by atoms with Crippen LogP contribution in [0.4, 0.5) is 0 Å². The molecule has 1 aromatic heterocycles. The summed E-state index contributed by atoms with van der Waals surface area (Å²) in [6.07, 6.45) is 0. The monoisotopic (exact) mass is 251 g/mol. The molecule has 0 amide bonds. The molecule has 15 heavy (non-hydrogen) atoms. The van der Waals surface area contributed by atoms with Gasteiger partial charge in [0.15, 0.2) is 0 Å². The molecule has 86 valence electrons. The molecule has 1 rings (SSSR count). The second-order valence-electron chi connectivity index (χ2n) is 3.28. The fourth-order valence-electron chi connectivity index (χ4n) is 1.32. The van der Waals surface area contributed by atoms with E-state index in [4.69, 9.17) is 11.6 Å². The molecule has 1 aromatic rings. The predicted octanol–water partition coefficient (Wildman–Crippen LogP) is 0.886. The Bertz CT molecular complexity index is 421. The third-order valence-corrected chi connectivity index (χ3v) is 4.42. The molecule has 0 aliphatic heterocycles. The first-order valence-electron chi connectivity index (χ1n) is 4.45. The Balaban J connectivity index is 3.17. The van der Waals surface area contributed by atoms with Gasteiger partial charge >= 0.3 is 0 Å². The Morgan fingerprint density at radius 3 is 2.47 bits per heavy atom. The topological polar surface area (TPSA) is 66.1 Å². The third-order valence-electron chi connectivity index (χ3n) is 2.13. The number of alkyl halides is 1. The molecule has 0 aliphatic carbocycles. The number of sulfonamides is 1. The van der Waals surface area contributed by atoms with Crippen LogP contribution in [0.1, 0.15) is 11.4 Å². The molecular weight excluding hydrogens is 238 g/mol. The van der Waals surface area contributed by atoms with Crippen LogP contribution >= 0.6 is 11.6 Å². The van der Waals surface area contributed by atoms with Gasteiger partial charge < -0.3 is 0 Å². The van der Waals surface area contributed by atoms with Gasteiger partial charge in [0.2, 0.25) is 10.0 Å². The third kappa shape index (κ3) is 2.32. The Morgan fingerprint density at radius 1 is 1.47 bits per heavy atom. The van der Waals surface area contributed by atoms with E-state index in [1.165, 1.54) is 11.4 Å². The van der Waals surface area contributed by atoms with Gasteiger partial charge in [-0.25, -0.2) is 8.42 Å². The van der Waals surface area contributed by atoms with Crippen molar-refractivity contribution in [1.82, 2.24) is 14.5 Å². The van der Waals surface area contributed by atoms with Crippen LogP contribution in [-0.2, 0) is 10.0 Å². The highest BCUT2D eigenvalue weighted by molar-refractivity contribution is 7.89. The van der Waals surface area contributed by atoms with E-state index < -0.39 is 10.0 Å². The molecule has 0 aliphatic rings. The van der Waals surface area contributed by atoms with Crippen LogP contribution in [0.3, 0.4) is 0 Å². The van der Waals surface area contributed by atoms with Gasteiger partial charge in [0.25, 0.3) is 0 Å². The minimum Gasteiger partial charge on any atom is -0.281 e. The van der Waals surface area contributed by atoms with Crippen LogP contribution < -0.4 is 0 Å². The van der Waals surface area contributed by atoms with Crippen LogP contribution in [0.25, 0.3) is 0 Å². The number of hydrogen-bond donors (Lipinski definition) is 1. The number of aromatic nitrogens is 2. The molecule has 5 nitrogen and oxygen atoms in total. The standard InChI is InChI=1S/C8H14ClN3O2S/c1-6-8(7(2)11-10-6)15(13,14)12(3)5-4-9/h4-5H2,1-3H3,(H,10,11). The number of H-pyrrole nitrogens is 1. The lowest BCUT2D eigenvalue weighted by Crippen LogP contribution is -2.29. The minimum absolute atomic E-state index is 0.245. The maximum Gasteiger partial charge on any atom is 0.246 e. The molecule has 0 atom stereocenters. The highest BCUT2D eigenvalue weighted by atomic mass is 35.5. The number of nitrogens with zero attached hydrogens (tertiary/aromatic N) is 2. The summed E-state index contributed by atoms with van der Waals surface area (Å²) < 4.78 is 25.3. The summed E-state index contributed by atoms with van der Waals surface area (Å²) in [4.78, 5) is 0.245. The number of aromatic amines is 1. The first-order valence-corrected chi connectivity index (χ1v) is 6.42. The fraction of sp³-hybridized carbons (Fsp3) is 0.625.